The standard InChI is InChI=1S/C18H33N3O4/c1-15(2)6-5-8-23-10-12-25-13-11-24-9-7-21-14-17(19-20-21)18(22)16(3)4/h14-16H,5-13H2,1-4H3. The van der Waals surface area contributed by atoms with Gasteiger partial charge in [-0.1, -0.05) is 32.9 Å². The van der Waals surface area contributed by atoms with Crippen LogP contribution in [0.25, 0.3) is 0 Å². The van der Waals surface area contributed by atoms with Crippen LogP contribution in [0.5, 0.6) is 0 Å². The second kappa shape index (κ2) is 13.0. The lowest BCUT2D eigenvalue weighted by Gasteiger charge is -2.07. The molecular weight excluding hydrogens is 322 g/mol. The zero-order valence-electron chi connectivity index (χ0n) is 16.1. The van der Waals surface area contributed by atoms with E-state index in [-0.39, 0.29) is 11.7 Å². The topological polar surface area (TPSA) is 75.5 Å². The Morgan fingerprint density at radius 1 is 1.00 bits per heavy atom. The second-order valence-electron chi connectivity index (χ2n) is 6.76. The Morgan fingerprint density at radius 2 is 1.60 bits per heavy atom. The summed E-state index contributed by atoms with van der Waals surface area (Å²) in [5, 5.41) is 7.82. The minimum absolute atomic E-state index is 0.00648. The first kappa shape index (κ1) is 21.7. The number of nitrogens with zero attached hydrogens (tertiary/aromatic N) is 3. The first-order valence-corrected chi connectivity index (χ1v) is 9.18. The minimum atomic E-state index is -0.0715. The summed E-state index contributed by atoms with van der Waals surface area (Å²) in [6, 6.07) is 0. The van der Waals surface area contributed by atoms with Gasteiger partial charge in [0.05, 0.1) is 45.8 Å². The van der Waals surface area contributed by atoms with Crippen molar-refractivity contribution in [2.75, 3.05) is 39.6 Å². The largest absolute Gasteiger partial charge is 0.379 e. The number of carbonyl (C=O) groups is 1. The first-order valence-electron chi connectivity index (χ1n) is 9.18. The molecule has 0 amide bonds. The van der Waals surface area contributed by atoms with Gasteiger partial charge >= 0.3 is 0 Å². The normalized spacial score (nSPS) is 11.6. The molecule has 0 aromatic carbocycles. The number of aromatic nitrogens is 3. The first-order chi connectivity index (χ1) is 12.0. The minimum Gasteiger partial charge on any atom is -0.379 e. The van der Waals surface area contributed by atoms with Crippen LogP contribution in [-0.2, 0) is 20.8 Å². The Hall–Kier alpha value is -1.31. The fourth-order valence-electron chi connectivity index (χ4n) is 2.11. The van der Waals surface area contributed by atoms with E-state index in [0.29, 0.717) is 45.3 Å². The molecule has 0 saturated carbocycles. The molecule has 7 heteroatoms. The average Bonchev–Trinajstić information content (AvgIpc) is 3.03. The van der Waals surface area contributed by atoms with Gasteiger partial charge in [0, 0.05) is 12.5 Å². The summed E-state index contributed by atoms with van der Waals surface area (Å²) >= 11 is 0. The molecule has 0 N–H and O–H groups in total. The van der Waals surface area contributed by atoms with E-state index in [1.165, 1.54) is 6.42 Å². The number of ether oxygens (including phenoxy) is 3. The van der Waals surface area contributed by atoms with Crippen LogP contribution in [0.3, 0.4) is 0 Å². The van der Waals surface area contributed by atoms with E-state index in [1.54, 1.807) is 10.9 Å². The van der Waals surface area contributed by atoms with Crippen LogP contribution in [0.4, 0.5) is 0 Å². The Bertz CT molecular complexity index is 475. The van der Waals surface area contributed by atoms with Crippen LogP contribution >= 0.6 is 0 Å². The molecule has 0 radical (unpaired) electrons. The zero-order valence-corrected chi connectivity index (χ0v) is 16.1. The predicted octanol–water partition coefficient (Wildman–Crippen LogP) is 2.60. The van der Waals surface area contributed by atoms with E-state index in [2.05, 4.69) is 24.2 Å². The fraction of sp³-hybridized carbons (Fsp3) is 0.833. The quantitative estimate of drug-likeness (QED) is 0.356. The molecule has 0 aliphatic heterocycles. The maximum Gasteiger partial charge on any atom is 0.187 e. The summed E-state index contributed by atoms with van der Waals surface area (Å²) in [7, 11) is 0. The maximum atomic E-state index is 11.8. The molecule has 0 aliphatic rings. The molecule has 0 unspecified atom stereocenters. The number of hydrogen-bond acceptors (Lipinski definition) is 6. The Morgan fingerprint density at radius 3 is 2.20 bits per heavy atom. The molecule has 0 aliphatic carbocycles. The molecule has 0 spiro atoms. The summed E-state index contributed by atoms with van der Waals surface area (Å²) in [6.07, 6.45) is 3.97. The molecule has 1 rings (SSSR count). The van der Waals surface area contributed by atoms with Crippen LogP contribution in [-0.4, -0.2) is 60.4 Å². The molecule has 1 aromatic heterocycles. The molecule has 1 aromatic rings. The van der Waals surface area contributed by atoms with Crippen LogP contribution in [0.2, 0.25) is 0 Å². The second-order valence-corrected chi connectivity index (χ2v) is 6.76. The predicted molar refractivity (Wildman–Crippen MR) is 95.7 cm³/mol. The van der Waals surface area contributed by atoms with Gasteiger partial charge in [-0.15, -0.1) is 5.10 Å². The number of carbonyl (C=O) groups excluding carboxylic acids is 1. The van der Waals surface area contributed by atoms with Gasteiger partial charge < -0.3 is 14.2 Å². The lowest BCUT2D eigenvalue weighted by Crippen LogP contribution is -2.12. The van der Waals surface area contributed by atoms with Crippen molar-refractivity contribution in [2.24, 2.45) is 11.8 Å². The Labute approximate surface area is 151 Å². The lowest BCUT2D eigenvalue weighted by atomic mass is 10.1. The van der Waals surface area contributed by atoms with Gasteiger partial charge in [-0.25, -0.2) is 4.68 Å². The number of ketones is 1. The third-order valence-corrected chi connectivity index (χ3v) is 3.59. The molecule has 0 bridgehead atoms. The van der Waals surface area contributed by atoms with E-state index in [1.807, 2.05) is 13.8 Å². The van der Waals surface area contributed by atoms with Crippen molar-refractivity contribution >= 4 is 5.78 Å². The highest BCUT2D eigenvalue weighted by molar-refractivity contribution is 5.95. The van der Waals surface area contributed by atoms with Gasteiger partial charge in [0.1, 0.15) is 5.69 Å². The smallest absolute Gasteiger partial charge is 0.187 e. The van der Waals surface area contributed by atoms with Crippen molar-refractivity contribution in [3.05, 3.63) is 11.9 Å². The summed E-state index contributed by atoms with van der Waals surface area (Å²) in [4.78, 5) is 11.8. The molecule has 0 saturated heterocycles. The van der Waals surface area contributed by atoms with Crippen LogP contribution < -0.4 is 0 Å². The van der Waals surface area contributed by atoms with Gasteiger partial charge in [-0.2, -0.15) is 0 Å². The highest BCUT2D eigenvalue weighted by atomic mass is 16.5. The lowest BCUT2D eigenvalue weighted by molar-refractivity contribution is 0.0118. The van der Waals surface area contributed by atoms with E-state index in [0.717, 1.165) is 18.9 Å². The van der Waals surface area contributed by atoms with Crippen molar-refractivity contribution in [3.63, 3.8) is 0 Å². The van der Waals surface area contributed by atoms with E-state index >= 15 is 0 Å². The summed E-state index contributed by atoms with van der Waals surface area (Å²) < 4.78 is 18.1. The molecule has 7 nitrogen and oxygen atoms in total. The molecule has 1 heterocycles. The van der Waals surface area contributed by atoms with Crippen LogP contribution in [0, 0.1) is 11.8 Å². The highest BCUT2D eigenvalue weighted by Gasteiger charge is 2.14. The number of Topliss-reactive ketones (excluding diaryl/α,β-unsaturated/α-hetero) is 1. The fourth-order valence-corrected chi connectivity index (χ4v) is 2.11. The summed E-state index contributed by atoms with van der Waals surface area (Å²) in [6.45, 7) is 12.3. The van der Waals surface area contributed by atoms with Gasteiger partial charge in [-0.3, -0.25) is 4.79 Å². The highest BCUT2D eigenvalue weighted by Crippen LogP contribution is 2.04. The van der Waals surface area contributed by atoms with Gasteiger partial charge in [0.2, 0.25) is 0 Å². The maximum absolute atomic E-state index is 11.8. The molecule has 25 heavy (non-hydrogen) atoms. The van der Waals surface area contributed by atoms with Crippen molar-refractivity contribution in [2.45, 2.75) is 47.1 Å². The number of hydrogen-bond donors (Lipinski definition) is 0. The zero-order chi connectivity index (χ0) is 18.5. The molecule has 0 atom stereocenters. The van der Waals surface area contributed by atoms with E-state index in [9.17, 15) is 4.79 Å². The molecule has 144 valence electrons. The number of rotatable bonds is 15. The van der Waals surface area contributed by atoms with Gasteiger partial charge in [0.15, 0.2) is 5.78 Å². The van der Waals surface area contributed by atoms with Gasteiger partial charge in [-0.05, 0) is 18.8 Å². The Kier molecular flexibility index (Phi) is 11.3. The van der Waals surface area contributed by atoms with Crippen molar-refractivity contribution in [1.82, 2.24) is 15.0 Å². The van der Waals surface area contributed by atoms with Gasteiger partial charge in [0.25, 0.3) is 0 Å². The Balaban J connectivity index is 1.93. The average molecular weight is 355 g/mol. The SMILES string of the molecule is CC(C)CCCOCCOCCOCCn1cc(C(=O)C(C)C)nn1. The molecular formula is C18H33N3O4. The van der Waals surface area contributed by atoms with Crippen molar-refractivity contribution < 1.29 is 19.0 Å². The third kappa shape index (κ3) is 10.3. The molecule has 0 fully saturated rings. The summed E-state index contributed by atoms with van der Waals surface area (Å²) in [5.41, 5.74) is 0.409. The monoisotopic (exact) mass is 355 g/mol. The van der Waals surface area contributed by atoms with E-state index < -0.39 is 0 Å². The van der Waals surface area contributed by atoms with Crippen LogP contribution in [0.15, 0.2) is 6.20 Å². The summed E-state index contributed by atoms with van der Waals surface area (Å²) in [5.74, 6) is 0.668. The van der Waals surface area contributed by atoms with Crippen molar-refractivity contribution in [1.29, 1.82) is 0 Å². The van der Waals surface area contributed by atoms with Crippen LogP contribution in [0.1, 0.15) is 51.0 Å². The van der Waals surface area contributed by atoms with E-state index in [4.69, 9.17) is 14.2 Å². The third-order valence-electron chi connectivity index (χ3n) is 3.59. The van der Waals surface area contributed by atoms with Crippen molar-refractivity contribution in [3.8, 4) is 0 Å².